The van der Waals surface area contributed by atoms with E-state index in [0.29, 0.717) is 12.0 Å². The van der Waals surface area contributed by atoms with Gasteiger partial charge in [-0.05, 0) is 87.6 Å². The molecule has 2 aromatic rings. The third-order valence-corrected chi connectivity index (χ3v) is 8.78. The maximum atomic E-state index is 6.43. The molecule has 1 saturated carbocycles. The molecule has 2 aliphatic carbocycles. The van der Waals surface area contributed by atoms with Crippen LogP contribution in [0, 0.1) is 0 Å². The van der Waals surface area contributed by atoms with Crippen molar-refractivity contribution in [2.75, 3.05) is 19.8 Å². The number of nitrogens with one attached hydrogen (secondary N) is 1. The second-order valence-corrected chi connectivity index (χ2v) is 10.6. The van der Waals surface area contributed by atoms with Crippen molar-refractivity contribution in [2.24, 2.45) is 0 Å². The summed E-state index contributed by atoms with van der Waals surface area (Å²) >= 11 is 0. The van der Waals surface area contributed by atoms with Crippen LogP contribution < -0.4 is 10.1 Å². The van der Waals surface area contributed by atoms with E-state index >= 15 is 0 Å². The zero-order valence-electron chi connectivity index (χ0n) is 19.2. The lowest BCUT2D eigenvalue weighted by Gasteiger charge is -2.46. The zero-order valence-corrected chi connectivity index (χ0v) is 19.2. The Balaban J connectivity index is 1.21. The molecule has 0 bridgehead atoms. The van der Waals surface area contributed by atoms with Gasteiger partial charge in [0.1, 0.15) is 5.75 Å². The Bertz CT molecular complexity index is 940. The average molecular weight is 433 g/mol. The Labute approximate surface area is 192 Å². The molecule has 32 heavy (non-hydrogen) atoms. The standard InChI is InChI=1S/C28H36N2O2/c1-4-16-30-25(8-1)27(15-19-32-28(20-27)12-2-3-13-28)14-17-29-23-10-9-21-11-18-31-24-7-5-6-22(23)26(21)24/h1,4-8,16,21,23,29H,2-3,9-15,17-20H2/t21?,23?,27-/m1/s1. The topological polar surface area (TPSA) is 43.4 Å². The van der Waals surface area contributed by atoms with Crippen molar-refractivity contribution in [1.82, 2.24) is 10.3 Å². The van der Waals surface area contributed by atoms with E-state index < -0.39 is 0 Å². The van der Waals surface area contributed by atoms with Crippen molar-refractivity contribution >= 4 is 0 Å². The highest BCUT2D eigenvalue weighted by Crippen LogP contribution is 2.50. The summed E-state index contributed by atoms with van der Waals surface area (Å²) in [6.45, 7) is 2.76. The summed E-state index contributed by atoms with van der Waals surface area (Å²) in [6.07, 6.45) is 14.0. The van der Waals surface area contributed by atoms with Crippen LogP contribution >= 0.6 is 0 Å². The molecule has 4 heteroatoms. The van der Waals surface area contributed by atoms with Crippen LogP contribution in [-0.4, -0.2) is 30.3 Å². The molecule has 0 radical (unpaired) electrons. The number of hydrogen-bond donors (Lipinski definition) is 1. The number of aromatic nitrogens is 1. The fraction of sp³-hybridized carbons (Fsp3) is 0.607. The van der Waals surface area contributed by atoms with E-state index in [2.05, 4.69) is 35.6 Å². The third-order valence-electron chi connectivity index (χ3n) is 8.78. The van der Waals surface area contributed by atoms with E-state index in [9.17, 15) is 0 Å². The minimum Gasteiger partial charge on any atom is -0.493 e. The van der Waals surface area contributed by atoms with Gasteiger partial charge in [0.05, 0.1) is 12.2 Å². The number of rotatable bonds is 5. The molecule has 4 aliphatic rings. The lowest BCUT2D eigenvalue weighted by molar-refractivity contribution is -0.104. The molecule has 1 aromatic heterocycles. The average Bonchev–Trinajstić information content (AvgIpc) is 3.28. The second kappa shape index (κ2) is 8.46. The molecular weight excluding hydrogens is 396 g/mol. The molecule has 1 aromatic carbocycles. The van der Waals surface area contributed by atoms with Gasteiger partial charge >= 0.3 is 0 Å². The minimum absolute atomic E-state index is 0.0870. The first kappa shape index (κ1) is 20.7. The molecule has 3 atom stereocenters. The monoisotopic (exact) mass is 432 g/mol. The quantitative estimate of drug-likeness (QED) is 0.646. The lowest BCUT2D eigenvalue weighted by Crippen LogP contribution is -2.47. The van der Waals surface area contributed by atoms with Gasteiger partial charge < -0.3 is 14.8 Å². The molecule has 1 spiro atoms. The van der Waals surface area contributed by atoms with Crippen molar-refractivity contribution in [3.63, 3.8) is 0 Å². The summed E-state index contributed by atoms with van der Waals surface area (Å²) < 4.78 is 12.4. The number of benzene rings is 1. The van der Waals surface area contributed by atoms with Crippen LogP contribution in [0.5, 0.6) is 5.75 Å². The summed E-state index contributed by atoms with van der Waals surface area (Å²) in [5.41, 5.74) is 4.43. The predicted molar refractivity (Wildman–Crippen MR) is 126 cm³/mol. The van der Waals surface area contributed by atoms with Gasteiger partial charge in [0.25, 0.3) is 0 Å². The van der Waals surface area contributed by atoms with Crippen molar-refractivity contribution < 1.29 is 9.47 Å². The Kier molecular flexibility index (Phi) is 5.47. The van der Waals surface area contributed by atoms with Gasteiger partial charge in [0.2, 0.25) is 0 Å². The molecule has 2 fully saturated rings. The maximum Gasteiger partial charge on any atom is 0.123 e. The lowest BCUT2D eigenvalue weighted by atomic mass is 9.68. The van der Waals surface area contributed by atoms with Crippen LogP contribution in [-0.2, 0) is 10.2 Å². The highest BCUT2D eigenvalue weighted by molar-refractivity contribution is 5.47. The van der Waals surface area contributed by atoms with E-state index in [1.54, 1.807) is 0 Å². The van der Waals surface area contributed by atoms with E-state index in [1.165, 1.54) is 61.8 Å². The van der Waals surface area contributed by atoms with Gasteiger partial charge in [0, 0.05) is 35.5 Å². The van der Waals surface area contributed by atoms with E-state index in [0.717, 1.165) is 44.8 Å². The fourth-order valence-corrected chi connectivity index (χ4v) is 7.19. The zero-order chi connectivity index (χ0) is 21.4. The largest absolute Gasteiger partial charge is 0.493 e. The number of pyridine rings is 1. The van der Waals surface area contributed by atoms with Crippen molar-refractivity contribution in [1.29, 1.82) is 0 Å². The predicted octanol–water partition coefficient (Wildman–Crippen LogP) is 5.82. The van der Waals surface area contributed by atoms with E-state index in [1.807, 2.05) is 12.3 Å². The summed E-state index contributed by atoms with van der Waals surface area (Å²) in [6, 6.07) is 13.5. The van der Waals surface area contributed by atoms with Crippen molar-refractivity contribution in [3.05, 3.63) is 59.4 Å². The smallest absolute Gasteiger partial charge is 0.123 e. The Morgan fingerprint density at radius 1 is 0.969 bits per heavy atom. The van der Waals surface area contributed by atoms with Crippen LogP contribution in [0.1, 0.15) is 93.0 Å². The number of ether oxygens (including phenoxy) is 2. The first-order valence-electron chi connectivity index (χ1n) is 12.8. The number of hydrogen-bond acceptors (Lipinski definition) is 4. The van der Waals surface area contributed by atoms with Crippen LogP contribution in [0.25, 0.3) is 0 Å². The van der Waals surface area contributed by atoms with Gasteiger partial charge in [-0.1, -0.05) is 31.0 Å². The first-order chi connectivity index (χ1) is 15.8. The van der Waals surface area contributed by atoms with Crippen LogP contribution in [0.15, 0.2) is 42.6 Å². The molecule has 2 unspecified atom stereocenters. The molecule has 6 rings (SSSR count). The summed E-state index contributed by atoms with van der Waals surface area (Å²) in [5, 5.41) is 3.97. The van der Waals surface area contributed by atoms with E-state index in [4.69, 9.17) is 14.5 Å². The molecule has 3 heterocycles. The van der Waals surface area contributed by atoms with Crippen molar-refractivity contribution in [2.45, 2.75) is 87.2 Å². The number of nitrogens with zero attached hydrogens (tertiary/aromatic N) is 1. The summed E-state index contributed by atoms with van der Waals surface area (Å²) in [7, 11) is 0. The SMILES string of the molecule is c1ccc([C@]2(CCNC3CCC4CCOc5cccc3c54)CCOC3(CCCC3)C2)nc1. The Hall–Kier alpha value is -1.91. The molecule has 170 valence electrons. The summed E-state index contributed by atoms with van der Waals surface area (Å²) in [4.78, 5) is 4.87. The van der Waals surface area contributed by atoms with E-state index in [-0.39, 0.29) is 11.0 Å². The van der Waals surface area contributed by atoms with Gasteiger partial charge in [-0.2, -0.15) is 0 Å². The molecule has 1 saturated heterocycles. The maximum absolute atomic E-state index is 6.43. The fourth-order valence-electron chi connectivity index (χ4n) is 7.19. The van der Waals surface area contributed by atoms with Crippen LogP contribution in [0.4, 0.5) is 0 Å². The second-order valence-electron chi connectivity index (χ2n) is 10.6. The van der Waals surface area contributed by atoms with Gasteiger partial charge in [-0.25, -0.2) is 0 Å². The summed E-state index contributed by atoms with van der Waals surface area (Å²) in [5.74, 6) is 1.81. The van der Waals surface area contributed by atoms with Crippen LogP contribution in [0.2, 0.25) is 0 Å². The Morgan fingerprint density at radius 2 is 1.91 bits per heavy atom. The highest BCUT2D eigenvalue weighted by atomic mass is 16.5. The van der Waals surface area contributed by atoms with Gasteiger partial charge in [-0.3, -0.25) is 4.98 Å². The highest BCUT2D eigenvalue weighted by Gasteiger charge is 2.48. The Morgan fingerprint density at radius 3 is 2.78 bits per heavy atom. The molecule has 1 N–H and O–H groups in total. The normalized spacial score (nSPS) is 30.6. The molecular formula is C28H36N2O2. The minimum atomic E-state index is 0.0870. The molecule has 4 nitrogen and oxygen atoms in total. The first-order valence-corrected chi connectivity index (χ1v) is 12.8. The van der Waals surface area contributed by atoms with Crippen LogP contribution in [0.3, 0.4) is 0 Å². The van der Waals surface area contributed by atoms with Gasteiger partial charge in [0.15, 0.2) is 0 Å². The molecule has 2 aliphatic heterocycles. The molecule has 0 amide bonds. The van der Waals surface area contributed by atoms with Crippen molar-refractivity contribution in [3.8, 4) is 5.75 Å². The van der Waals surface area contributed by atoms with Gasteiger partial charge in [-0.15, -0.1) is 0 Å². The third kappa shape index (κ3) is 3.66.